The van der Waals surface area contributed by atoms with Crippen molar-refractivity contribution in [3.05, 3.63) is 87.6 Å². The maximum absolute atomic E-state index is 12.6. The minimum absolute atomic E-state index is 0.00384. The number of hydrogen-bond acceptors (Lipinski definition) is 3. The van der Waals surface area contributed by atoms with E-state index >= 15 is 0 Å². The van der Waals surface area contributed by atoms with Crippen LogP contribution >= 0.6 is 11.3 Å². The van der Waals surface area contributed by atoms with Crippen LogP contribution in [0.4, 0.5) is 0 Å². The second-order valence-electron chi connectivity index (χ2n) is 5.95. The molecule has 128 valence electrons. The molecule has 0 spiro atoms. The van der Waals surface area contributed by atoms with Crippen molar-refractivity contribution >= 4 is 17.2 Å². The van der Waals surface area contributed by atoms with Crippen LogP contribution < -0.4 is 10.1 Å². The van der Waals surface area contributed by atoms with Crippen LogP contribution in [0.25, 0.3) is 0 Å². The average Bonchev–Trinajstić information content (AvgIpc) is 3.15. The lowest BCUT2D eigenvalue weighted by Gasteiger charge is -2.18. The van der Waals surface area contributed by atoms with Crippen LogP contribution in [0.2, 0.25) is 0 Å². The maximum atomic E-state index is 12.6. The SMILES string of the molecule is COc1ccc(CC(=O)N[C@H](c2ccc(C)cc2)c2cccs2)cc1. The fourth-order valence-corrected chi connectivity index (χ4v) is 3.48. The molecule has 0 radical (unpaired) electrons. The molecule has 1 aromatic heterocycles. The number of benzene rings is 2. The van der Waals surface area contributed by atoms with Gasteiger partial charge in [-0.2, -0.15) is 0 Å². The van der Waals surface area contributed by atoms with Gasteiger partial charge in [-0.15, -0.1) is 11.3 Å². The van der Waals surface area contributed by atoms with E-state index in [1.54, 1.807) is 18.4 Å². The molecule has 1 heterocycles. The summed E-state index contributed by atoms with van der Waals surface area (Å²) in [7, 11) is 1.63. The van der Waals surface area contributed by atoms with Gasteiger partial charge in [0, 0.05) is 4.88 Å². The number of nitrogens with one attached hydrogen (secondary N) is 1. The summed E-state index contributed by atoms with van der Waals surface area (Å²) in [6, 6.07) is 19.8. The third kappa shape index (κ3) is 4.48. The first-order chi connectivity index (χ1) is 12.2. The Labute approximate surface area is 152 Å². The van der Waals surface area contributed by atoms with E-state index in [1.807, 2.05) is 35.7 Å². The Morgan fingerprint density at radius 3 is 2.40 bits per heavy atom. The van der Waals surface area contributed by atoms with Gasteiger partial charge in [-0.25, -0.2) is 0 Å². The molecule has 0 saturated carbocycles. The van der Waals surface area contributed by atoms with Crippen molar-refractivity contribution in [1.29, 1.82) is 0 Å². The van der Waals surface area contributed by atoms with Crippen molar-refractivity contribution in [3.8, 4) is 5.75 Å². The summed E-state index contributed by atoms with van der Waals surface area (Å²) in [6.07, 6.45) is 0.345. The van der Waals surface area contributed by atoms with Gasteiger partial charge in [0.15, 0.2) is 0 Å². The van der Waals surface area contributed by atoms with Gasteiger partial charge in [0.25, 0.3) is 0 Å². The van der Waals surface area contributed by atoms with E-state index in [4.69, 9.17) is 4.74 Å². The first-order valence-electron chi connectivity index (χ1n) is 8.18. The predicted molar refractivity (Wildman–Crippen MR) is 102 cm³/mol. The van der Waals surface area contributed by atoms with Gasteiger partial charge in [0.1, 0.15) is 5.75 Å². The average molecular weight is 351 g/mol. The highest BCUT2D eigenvalue weighted by molar-refractivity contribution is 7.10. The van der Waals surface area contributed by atoms with Gasteiger partial charge in [0.05, 0.1) is 19.6 Å². The zero-order chi connectivity index (χ0) is 17.6. The highest BCUT2D eigenvalue weighted by Crippen LogP contribution is 2.26. The van der Waals surface area contributed by atoms with Crippen LogP contribution in [0.15, 0.2) is 66.0 Å². The normalized spacial score (nSPS) is 11.8. The minimum atomic E-state index is -0.119. The van der Waals surface area contributed by atoms with Crippen LogP contribution in [0.1, 0.15) is 27.6 Å². The number of carbonyl (C=O) groups excluding carboxylic acids is 1. The summed E-state index contributed by atoms with van der Waals surface area (Å²) < 4.78 is 5.16. The highest BCUT2D eigenvalue weighted by atomic mass is 32.1. The Kier molecular flexibility index (Phi) is 5.51. The molecule has 3 rings (SSSR count). The molecule has 0 aliphatic heterocycles. The lowest BCUT2D eigenvalue weighted by Crippen LogP contribution is -2.30. The largest absolute Gasteiger partial charge is 0.497 e. The molecule has 0 bridgehead atoms. The minimum Gasteiger partial charge on any atom is -0.497 e. The van der Waals surface area contributed by atoms with Crippen molar-refractivity contribution in [2.45, 2.75) is 19.4 Å². The molecule has 4 heteroatoms. The van der Waals surface area contributed by atoms with Crippen LogP contribution in [0.5, 0.6) is 5.75 Å². The third-order valence-electron chi connectivity index (χ3n) is 4.07. The monoisotopic (exact) mass is 351 g/mol. The summed E-state index contributed by atoms with van der Waals surface area (Å²) in [5.41, 5.74) is 3.27. The number of thiophene rings is 1. The van der Waals surface area contributed by atoms with Crippen molar-refractivity contribution < 1.29 is 9.53 Å². The number of amides is 1. The van der Waals surface area contributed by atoms with E-state index in [2.05, 4.69) is 42.6 Å². The number of ether oxygens (including phenoxy) is 1. The molecule has 3 nitrogen and oxygen atoms in total. The fourth-order valence-electron chi connectivity index (χ4n) is 2.67. The molecule has 0 fully saturated rings. The molecular formula is C21H21NO2S. The first kappa shape index (κ1) is 17.2. The molecule has 0 aliphatic carbocycles. The van der Waals surface area contributed by atoms with Gasteiger partial charge in [-0.05, 0) is 41.6 Å². The maximum Gasteiger partial charge on any atom is 0.225 e. The van der Waals surface area contributed by atoms with E-state index in [-0.39, 0.29) is 11.9 Å². The summed E-state index contributed by atoms with van der Waals surface area (Å²) in [5.74, 6) is 0.796. The second-order valence-corrected chi connectivity index (χ2v) is 6.93. The molecule has 1 atom stereocenters. The van der Waals surface area contributed by atoms with E-state index < -0.39 is 0 Å². The molecule has 1 N–H and O–H groups in total. The zero-order valence-electron chi connectivity index (χ0n) is 14.4. The Hall–Kier alpha value is -2.59. The molecule has 0 unspecified atom stereocenters. The quantitative estimate of drug-likeness (QED) is 0.709. The number of aryl methyl sites for hydroxylation is 1. The van der Waals surface area contributed by atoms with Gasteiger partial charge in [-0.3, -0.25) is 4.79 Å². The second kappa shape index (κ2) is 7.99. The van der Waals surface area contributed by atoms with E-state index in [0.717, 1.165) is 21.8 Å². The first-order valence-corrected chi connectivity index (χ1v) is 9.06. The summed E-state index contributed by atoms with van der Waals surface area (Å²) in [6.45, 7) is 2.06. The number of hydrogen-bond donors (Lipinski definition) is 1. The van der Waals surface area contributed by atoms with E-state index in [9.17, 15) is 4.79 Å². The Bertz CT molecular complexity index is 808. The number of rotatable bonds is 6. The van der Waals surface area contributed by atoms with Crippen molar-refractivity contribution in [1.82, 2.24) is 5.32 Å². The molecule has 1 amide bonds. The molecule has 0 saturated heterocycles. The van der Waals surface area contributed by atoms with Crippen molar-refractivity contribution in [2.75, 3.05) is 7.11 Å². The van der Waals surface area contributed by atoms with Gasteiger partial charge in [-0.1, -0.05) is 48.0 Å². The Morgan fingerprint density at radius 2 is 1.80 bits per heavy atom. The standard InChI is InChI=1S/C21H21NO2S/c1-15-5-9-17(10-6-15)21(19-4-3-13-25-19)22-20(23)14-16-7-11-18(24-2)12-8-16/h3-13,21H,14H2,1-2H3,(H,22,23)/t21-/m1/s1. The molecular weight excluding hydrogens is 330 g/mol. The lowest BCUT2D eigenvalue weighted by molar-refractivity contribution is -0.120. The topological polar surface area (TPSA) is 38.3 Å². The summed E-state index contributed by atoms with van der Waals surface area (Å²) in [4.78, 5) is 13.7. The number of carbonyl (C=O) groups is 1. The fraction of sp³-hybridized carbons (Fsp3) is 0.190. The number of methoxy groups -OCH3 is 1. The van der Waals surface area contributed by atoms with Crippen LogP contribution in [-0.2, 0) is 11.2 Å². The Morgan fingerprint density at radius 1 is 1.08 bits per heavy atom. The third-order valence-corrected chi connectivity index (χ3v) is 5.00. The zero-order valence-corrected chi connectivity index (χ0v) is 15.2. The molecule has 0 aliphatic rings. The van der Waals surface area contributed by atoms with Crippen molar-refractivity contribution in [3.63, 3.8) is 0 Å². The van der Waals surface area contributed by atoms with Crippen molar-refractivity contribution in [2.24, 2.45) is 0 Å². The van der Waals surface area contributed by atoms with E-state index in [1.165, 1.54) is 5.56 Å². The Balaban J connectivity index is 1.75. The predicted octanol–water partition coefficient (Wildman–Crippen LogP) is 4.51. The summed E-state index contributed by atoms with van der Waals surface area (Å²) in [5, 5.41) is 5.21. The molecule has 25 heavy (non-hydrogen) atoms. The van der Waals surface area contributed by atoms with Crippen LogP contribution in [0.3, 0.4) is 0 Å². The molecule has 2 aromatic carbocycles. The summed E-state index contributed by atoms with van der Waals surface area (Å²) >= 11 is 1.65. The highest BCUT2D eigenvalue weighted by Gasteiger charge is 2.18. The smallest absolute Gasteiger partial charge is 0.225 e. The van der Waals surface area contributed by atoms with Gasteiger partial charge < -0.3 is 10.1 Å². The lowest BCUT2D eigenvalue weighted by atomic mass is 10.0. The van der Waals surface area contributed by atoms with Gasteiger partial charge in [0.2, 0.25) is 5.91 Å². The van der Waals surface area contributed by atoms with Crippen LogP contribution in [0, 0.1) is 6.92 Å². The van der Waals surface area contributed by atoms with Crippen LogP contribution in [-0.4, -0.2) is 13.0 Å². The van der Waals surface area contributed by atoms with Gasteiger partial charge >= 0.3 is 0 Å². The molecule has 3 aromatic rings. The van der Waals surface area contributed by atoms with E-state index in [0.29, 0.717) is 6.42 Å².